The number of hydrogen-bond acceptors (Lipinski definition) is 2. The van der Waals surface area contributed by atoms with Gasteiger partial charge in [0, 0.05) is 34.9 Å². The number of halogens is 1. The first-order chi connectivity index (χ1) is 12.6. The number of nitrogens with zero attached hydrogens (tertiary/aromatic N) is 1. The van der Waals surface area contributed by atoms with E-state index in [0.29, 0.717) is 17.1 Å². The lowest BCUT2D eigenvalue weighted by Gasteiger charge is -2.24. The predicted molar refractivity (Wildman–Crippen MR) is 106 cm³/mol. The molecule has 0 radical (unpaired) electrons. The largest absolute Gasteiger partial charge is 0.351 e. The second-order valence-corrected chi connectivity index (χ2v) is 6.71. The maximum absolute atomic E-state index is 12.4. The monoisotopic (exact) mass is 364 g/mol. The van der Waals surface area contributed by atoms with E-state index in [1.807, 2.05) is 72.8 Å². The van der Waals surface area contributed by atoms with Crippen molar-refractivity contribution < 1.29 is 4.79 Å². The van der Waals surface area contributed by atoms with Crippen LogP contribution in [0.15, 0.2) is 79.0 Å². The number of amides is 1. The van der Waals surface area contributed by atoms with E-state index in [1.165, 1.54) is 5.56 Å². The summed E-state index contributed by atoms with van der Waals surface area (Å²) in [7, 11) is 0. The van der Waals surface area contributed by atoms with Crippen LogP contribution in [0.4, 0.5) is 0 Å². The minimum atomic E-state index is -0.0742. The SMILES string of the molecule is CC(c1ccc(Cl)cc1)C(CNC(=O)c1ccccc1)c1ccccn1. The summed E-state index contributed by atoms with van der Waals surface area (Å²) in [5, 5.41) is 3.77. The molecule has 1 N–H and O–H groups in total. The molecule has 2 aromatic carbocycles. The molecular weight excluding hydrogens is 344 g/mol. The van der Waals surface area contributed by atoms with Gasteiger partial charge in [-0.1, -0.05) is 54.9 Å². The molecule has 1 amide bonds. The molecule has 0 fully saturated rings. The summed E-state index contributed by atoms with van der Waals surface area (Å²) in [6.07, 6.45) is 1.79. The van der Waals surface area contributed by atoms with Gasteiger partial charge in [0.15, 0.2) is 0 Å². The lowest BCUT2D eigenvalue weighted by molar-refractivity contribution is 0.0950. The first-order valence-electron chi connectivity index (χ1n) is 8.65. The van der Waals surface area contributed by atoms with Crippen LogP contribution in [0, 0.1) is 0 Å². The van der Waals surface area contributed by atoms with Crippen molar-refractivity contribution in [2.45, 2.75) is 18.8 Å². The predicted octanol–water partition coefficient (Wildman–Crippen LogP) is 5.05. The number of pyridine rings is 1. The highest BCUT2D eigenvalue weighted by Gasteiger charge is 2.23. The Morgan fingerprint density at radius 1 is 1.00 bits per heavy atom. The molecule has 0 saturated heterocycles. The summed E-state index contributed by atoms with van der Waals surface area (Å²) in [6, 6.07) is 23.0. The normalized spacial score (nSPS) is 13.0. The van der Waals surface area contributed by atoms with Crippen molar-refractivity contribution >= 4 is 17.5 Å². The van der Waals surface area contributed by atoms with E-state index in [-0.39, 0.29) is 17.7 Å². The second-order valence-electron chi connectivity index (χ2n) is 6.28. The third-order valence-electron chi connectivity index (χ3n) is 4.59. The molecule has 26 heavy (non-hydrogen) atoms. The molecule has 132 valence electrons. The van der Waals surface area contributed by atoms with Crippen molar-refractivity contribution in [3.8, 4) is 0 Å². The van der Waals surface area contributed by atoms with Crippen LogP contribution in [0.3, 0.4) is 0 Å². The Morgan fingerprint density at radius 3 is 2.35 bits per heavy atom. The van der Waals surface area contributed by atoms with Gasteiger partial charge in [-0.15, -0.1) is 0 Å². The highest BCUT2D eigenvalue weighted by Crippen LogP contribution is 2.31. The van der Waals surface area contributed by atoms with Gasteiger partial charge in [-0.2, -0.15) is 0 Å². The third-order valence-corrected chi connectivity index (χ3v) is 4.84. The molecule has 0 aliphatic carbocycles. The van der Waals surface area contributed by atoms with Gasteiger partial charge < -0.3 is 5.32 Å². The van der Waals surface area contributed by atoms with Crippen LogP contribution in [0.1, 0.15) is 40.4 Å². The van der Waals surface area contributed by atoms with E-state index in [4.69, 9.17) is 11.6 Å². The van der Waals surface area contributed by atoms with Gasteiger partial charge in [-0.05, 0) is 47.9 Å². The van der Waals surface area contributed by atoms with Crippen LogP contribution in [-0.2, 0) is 0 Å². The van der Waals surface area contributed by atoms with Crippen LogP contribution in [0.2, 0.25) is 5.02 Å². The molecule has 0 aliphatic heterocycles. The zero-order valence-electron chi connectivity index (χ0n) is 14.6. The van der Waals surface area contributed by atoms with Gasteiger partial charge in [0.05, 0.1) is 0 Å². The number of carbonyl (C=O) groups is 1. The number of nitrogens with one attached hydrogen (secondary N) is 1. The van der Waals surface area contributed by atoms with Crippen molar-refractivity contribution in [2.75, 3.05) is 6.54 Å². The number of carbonyl (C=O) groups excluding carboxylic acids is 1. The molecular formula is C22H21ClN2O. The molecule has 2 atom stereocenters. The highest BCUT2D eigenvalue weighted by atomic mass is 35.5. The standard InChI is InChI=1S/C22H21ClN2O/c1-16(17-10-12-19(23)13-11-17)20(21-9-5-6-14-24-21)15-25-22(26)18-7-3-2-4-8-18/h2-14,16,20H,15H2,1H3,(H,25,26). The average Bonchev–Trinajstić information content (AvgIpc) is 2.70. The summed E-state index contributed by atoms with van der Waals surface area (Å²) in [6.45, 7) is 2.66. The maximum atomic E-state index is 12.4. The van der Waals surface area contributed by atoms with E-state index in [9.17, 15) is 4.79 Å². The molecule has 2 unspecified atom stereocenters. The van der Waals surface area contributed by atoms with Crippen LogP contribution < -0.4 is 5.32 Å². The second kappa shape index (κ2) is 8.63. The maximum Gasteiger partial charge on any atom is 0.251 e. The first-order valence-corrected chi connectivity index (χ1v) is 9.02. The summed E-state index contributed by atoms with van der Waals surface area (Å²) >= 11 is 6.01. The van der Waals surface area contributed by atoms with Crippen LogP contribution in [-0.4, -0.2) is 17.4 Å². The number of hydrogen-bond donors (Lipinski definition) is 1. The lowest BCUT2D eigenvalue weighted by Crippen LogP contribution is -2.30. The Bertz CT molecular complexity index is 835. The molecule has 3 nitrogen and oxygen atoms in total. The topological polar surface area (TPSA) is 42.0 Å². The van der Waals surface area contributed by atoms with Gasteiger partial charge in [0.25, 0.3) is 5.91 Å². The number of aromatic nitrogens is 1. The average molecular weight is 365 g/mol. The summed E-state index contributed by atoms with van der Waals surface area (Å²) in [5.74, 6) is 0.165. The summed E-state index contributed by atoms with van der Waals surface area (Å²) < 4.78 is 0. The number of rotatable bonds is 6. The molecule has 4 heteroatoms. The van der Waals surface area contributed by atoms with E-state index < -0.39 is 0 Å². The van der Waals surface area contributed by atoms with E-state index >= 15 is 0 Å². The minimum absolute atomic E-state index is 0.0602. The smallest absolute Gasteiger partial charge is 0.251 e. The van der Waals surface area contributed by atoms with E-state index in [1.54, 1.807) is 6.20 Å². The van der Waals surface area contributed by atoms with Gasteiger partial charge >= 0.3 is 0 Å². The Hall–Kier alpha value is -2.65. The molecule has 3 rings (SSSR count). The number of benzene rings is 2. The van der Waals surface area contributed by atoms with Crippen LogP contribution >= 0.6 is 11.6 Å². The van der Waals surface area contributed by atoms with E-state index in [2.05, 4.69) is 17.2 Å². The van der Waals surface area contributed by atoms with Crippen molar-refractivity contribution in [3.05, 3.63) is 101 Å². The summed E-state index contributed by atoms with van der Waals surface area (Å²) in [4.78, 5) is 17.0. The van der Waals surface area contributed by atoms with Gasteiger partial charge in [0.2, 0.25) is 0 Å². The Kier molecular flexibility index (Phi) is 6.03. The molecule has 0 aliphatic rings. The summed E-state index contributed by atoms with van der Waals surface area (Å²) in [5.41, 5.74) is 2.79. The molecule has 0 bridgehead atoms. The minimum Gasteiger partial charge on any atom is -0.351 e. The first kappa shape index (κ1) is 18.2. The fourth-order valence-electron chi connectivity index (χ4n) is 3.03. The Labute approximate surface area is 159 Å². The molecule has 1 aromatic heterocycles. The molecule has 1 heterocycles. The Balaban J connectivity index is 1.80. The van der Waals surface area contributed by atoms with E-state index in [0.717, 1.165) is 5.69 Å². The van der Waals surface area contributed by atoms with Crippen molar-refractivity contribution in [3.63, 3.8) is 0 Å². The Morgan fingerprint density at radius 2 is 1.69 bits per heavy atom. The van der Waals surface area contributed by atoms with Crippen LogP contribution in [0.25, 0.3) is 0 Å². The zero-order valence-corrected chi connectivity index (χ0v) is 15.4. The molecule has 0 spiro atoms. The fraction of sp³-hybridized carbons (Fsp3) is 0.182. The fourth-order valence-corrected chi connectivity index (χ4v) is 3.15. The molecule has 0 saturated carbocycles. The van der Waals surface area contributed by atoms with Crippen LogP contribution in [0.5, 0.6) is 0 Å². The lowest BCUT2D eigenvalue weighted by atomic mass is 9.85. The highest BCUT2D eigenvalue weighted by molar-refractivity contribution is 6.30. The zero-order chi connectivity index (χ0) is 18.4. The molecule has 3 aromatic rings. The third kappa shape index (κ3) is 4.50. The van der Waals surface area contributed by atoms with Crippen molar-refractivity contribution in [1.29, 1.82) is 0 Å². The quantitative estimate of drug-likeness (QED) is 0.664. The van der Waals surface area contributed by atoms with Gasteiger partial charge in [0.1, 0.15) is 0 Å². The van der Waals surface area contributed by atoms with Crippen molar-refractivity contribution in [2.24, 2.45) is 0 Å². The van der Waals surface area contributed by atoms with Gasteiger partial charge in [-0.3, -0.25) is 9.78 Å². The van der Waals surface area contributed by atoms with Gasteiger partial charge in [-0.25, -0.2) is 0 Å². The van der Waals surface area contributed by atoms with Crippen molar-refractivity contribution in [1.82, 2.24) is 10.3 Å².